The quantitative estimate of drug-likeness (QED) is 0.0648. The third kappa shape index (κ3) is 21.6. The average Bonchev–Trinajstić information content (AvgIpc) is 3.33. The van der Waals surface area contributed by atoms with Crippen LogP contribution in [0, 0.1) is 0 Å². The van der Waals surface area contributed by atoms with Gasteiger partial charge in [-0.3, -0.25) is 0 Å². The van der Waals surface area contributed by atoms with E-state index in [2.05, 4.69) is 42.3 Å². The molecular weight excluding hydrogens is 472 g/mol. The van der Waals surface area contributed by atoms with Gasteiger partial charge in [-0.15, -0.1) is 0 Å². The largest absolute Gasteiger partial charge is 0.256 e. The number of hydrogen-bond donors (Lipinski definition) is 0. The highest BCUT2D eigenvalue weighted by atomic mass is 15.1. The maximum Gasteiger partial charge on any atom is 0.256 e. The van der Waals surface area contributed by atoms with Gasteiger partial charge >= 0.3 is 0 Å². The van der Waals surface area contributed by atoms with Crippen molar-refractivity contribution in [1.29, 1.82) is 0 Å². The Labute approximate surface area is 247 Å². The molecule has 1 aromatic heterocycles. The summed E-state index contributed by atoms with van der Waals surface area (Å²) in [6.07, 6.45) is 45.9. The van der Waals surface area contributed by atoms with E-state index in [1.54, 1.807) is 5.82 Å². The summed E-state index contributed by atoms with van der Waals surface area (Å²) in [6.45, 7) is 9.39. The number of nitrogens with zero attached hydrogens (tertiary/aromatic N) is 2. The molecule has 1 rings (SSSR count). The first-order valence-electron chi connectivity index (χ1n) is 18.4. The molecule has 0 bridgehead atoms. The van der Waals surface area contributed by atoms with Crippen molar-refractivity contribution in [3.63, 3.8) is 0 Å². The van der Waals surface area contributed by atoms with Crippen molar-refractivity contribution in [3.8, 4) is 0 Å². The number of imidazole rings is 1. The van der Waals surface area contributed by atoms with E-state index in [0.29, 0.717) is 0 Å². The molecule has 0 spiro atoms. The molecule has 0 radical (unpaired) electrons. The summed E-state index contributed by atoms with van der Waals surface area (Å²) in [7, 11) is 0. The number of unbranched alkanes of at least 4 members (excludes halogenated alkanes) is 25. The summed E-state index contributed by atoms with van der Waals surface area (Å²) in [5.41, 5.74) is 0. The van der Waals surface area contributed by atoms with E-state index in [-0.39, 0.29) is 0 Å². The van der Waals surface area contributed by atoms with Crippen LogP contribution in [0.1, 0.15) is 206 Å². The molecule has 2 nitrogen and oxygen atoms in total. The number of aromatic nitrogens is 2. The topological polar surface area (TPSA) is 8.81 Å². The highest BCUT2D eigenvalue weighted by molar-refractivity contribution is 4.84. The monoisotopic (exact) mass is 546 g/mol. The van der Waals surface area contributed by atoms with Crippen LogP contribution in [-0.2, 0) is 19.5 Å². The van der Waals surface area contributed by atoms with Crippen LogP contribution >= 0.6 is 0 Å². The summed E-state index contributed by atoms with van der Waals surface area (Å²) in [5, 5.41) is 0. The fourth-order valence-electron chi connectivity index (χ4n) is 6.15. The maximum absolute atomic E-state index is 2.61. The van der Waals surface area contributed by atoms with Gasteiger partial charge in [0.05, 0.1) is 13.1 Å². The Bertz CT molecular complexity index is 605. The average molecular weight is 546 g/mol. The normalized spacial score (nSPS) is 11.6. The lowest BCUT2D eigenvalue weighted by molar-refractivity contribution is -0.704. The summed E-state index contributed by atoms with van der Waals surface area (Å²) in [6, 6.07) is 0. The van der Waals surface area contributed by atoms with E-state index in [4.69, 9.17) is 0 Å². The molecule has 0 N–H and O–H groups in total. The minimum absolute atomic E-state index is 1.23. The van der Waals surface area contributed by atoms with Gasteiger partial charge in [-0.2, -0.15) is 0 Å². The van der Waals surface area contributed by atoms with Crippen LogP contribution in [0.4, 0.5) is 0 Å². The zero-order valence-electron chi connectivity index (χ0n) is 27.5. The Hall–Kier alpha value is -0.790. The van der Waals surface area contributed by atoms with E-state index in [0.717, 1.165) is 0 Å². The van der Waals surface area contributed by atoms with Gasteiger partial charge in [0.2, 0.25) is 0 Å². The molecule has 1 aromatic rings. The van der Waals surface area contributed by atoms with E-state index < -0.39 is 0 Å². The Morgan fingerprint density at radius 3 is 1.23 bits per heavy atom. The smallest absolute Gasteiger partial charge is 0.234 e. The Kier molecular flexibility index (Phi) is 26.7. The Balaban J connectivity index is 2.14. The number of aryl methyl sites for hydroxylation is 2. The molecule has 2 heteroatoms. The van der Waals surface area contributed by atoms with Gasteiger partial charge in [0, 0.05) is 6.42 Å². The second-order valence-corrected chi connectivity index (χ2v) is 12.7. The van der Waals surface area contributed by atoms with Crippen molar-refractivity contribution in [2.45, 2.75) is 220 Å². The highest BCUT2D eigenvalue weighted by Crippen LogP contribution is 2.15. The number of hydrogen-bond acceptors (Lipinski definition) is 0. The van der Waals surface area contributed by atoms with Gasteiger partial charge in [0.25, 0.3) is 5.82 Å². The number of rotatable bonds is 31. The van der Waals surface area contributed by atoms with E-state index in [1.807, 2.05) is 0 Å². The third-order valence-electron chi connectivity index (χ3n) is 8.85. The summed E-state index contributed by atoms with van der Waals surface area (Å²) < 4.78 is 5.22. The molecule has 0 saturated carbocycles. The maximum atomic E-state index is 2.61. The molecule has 0 amide bonds. The lowest BCUT2D eigenvalue weighted by Crippen LogP contribution is -2.37. The zero-order chi connectivity index (χ0) is 28.1. The first-order valence-corrected chi connectivity index (χ1v) is 18.4. The molecule has 0 unspecified atom stereocenters. The molecule has 0 saturated heterocycles. The Morgan fingerprint density at radius 1 is 0.436 bits per heavy atom. The van der Waals surface area contributed by atoms with Crippen LogP contribution in [0.3, 0.4) is 0 Å². The lowest BCUT2D eigenvalue weighted by Gasteiger charge is -2.07. The summed E-state index contributed by atoms with van der Waals surface area (Å²) in [4.78, 5) is 0. The SMILES string of the molecule is CCCCCCCCCCCCCCCCCCn1cc[n+](CCCCCCCCCC)c1CCCCCC. The molecular formula is C37H73N2+. The van der Waals surface area contributed by atoms with Crippen molar-refractivity contribution in [1.82, 2.24) is 4.57 Å². The fraction of sp³-hybridized carbons (Fsp3) is 0.919. The minimum atomic E-state index is 1.23. The summed E-state index contributed by atoms with van der Waals surface area (Å²) >= 11 is 0. The van der Waals surface area contributed by atoms with Crippen LogP contribution in [0.2, 0.25) is 0 Å². The van der Waals surface area contributed by atoms with Crippen LogP contribution in [-0.4, -0.2) is 4.57 Å². The van der Waals surface area contributed by atoms with Crippen LogP contribution in [0.5, 0.6) is 0 Å². The zero-order valence-corrected chi connectivity index (χ0v) is 27.5. The van der Waals surface area contributed by atoms with Gasteiger partial charge < -0.3 is 0 Å². The van der Waals surface area contributed by atoms with E-state index in [1.165, 1.54) is 199 Å². The predicted molar refractivity (Wildman–Crippen MR) is 175 cm³/mol. The molecule has 0 aliphatic carbocycles. The van der Waals surface area contributed by atoms with E-state index >= 15 is 0 Å². The van der Waals surface area contributed by atoms with E-state index in [9.17, 15) is 0 Å². The molecule has 230 valence electrons. The highest BCUT2D eigenvalue weighted by Gasteiger charge is 2.16. The van der Waals surface area contributed by atoms with Crippen molar-refractivity contribution in [2.75, 3.05) is 0 Å². The molecule has 0 aliphatic heterocycles. The van der Waals surface area contributed by atoms with Gasteiger partial charge in [0.1, 0.15) is 12.4 Å². The standard InChI is InChI=1S/C37H73N2/c1-4-7-10-13-15-17-18-19-20-21-22-23-24-26-28-31-34-39-36-35-38(37(39)32-29-12-9-6-3)33-30-27-25-16-14-11-8-5-2/h35-36H,4-34H2,1-3H3/q+1. The van der Waals surface area contributed by atoms with Crippen LogP contribution < -0.4 is 4.57 Å². The predicted octanol–water partition coefficient (Wildman–Crippen LogP) is 12.3. The molecule has 0 aromatic carbocycles. The van der Waals surface area contributed by atoms with Crippen molar-refractivity contribution in [2.24, 2.45) is 0 Å². The first kappa shape index (κ1) is 36.2. The van der Waals surface area contributed by atoms with Crippen LogP contribution in [0.25, 0.3) is 0 Å². The first-order chi connectivity index (χ1) is 19.3. The van der Waals surface area contributed by atoms with Gasteiger partial charge in [0.15, 0.2) is 0 Å². The molecule has 1 heterocycles. The van der Waals surface area contributed by atoms with Crippen molar-refractivity contribution in [3.05, 3.63) is 18.2 Å². The Morgan fingerprint density at radius 2 is 0.795 bits per heavy atom. The van der Waals surface area contributed by atoms with Crippen LogP contribution in [0.15, 0.2) is 12.4 Å². The van der Waals surface area contributed by atoms with Gasteiger partial charge in [-0.05, 0) is 32.1 Å². The molecule has 0 atom stereocenters. The lowest BCUT2D eigenvalue weighted by atomic mass is 10.0. The molecule has 0 aliphatic rings. The second-order valence-electron chi connectivity index (χ2n) is 12.7. The molecule has 39 heavy (non-hydrogen) atoms. The molecule has 0 fully saturated rings. The fourth-order valence-corrected chi connectivity index (χ4v) is 6.15. The van der Waals surface area contributed by atoms with Crippen molar-refractivity contribution >= 4 is 0 Å². The summed E-state index contributed by atoms with van der Waals surface area (Å²) in [5.74, 6) is 1.61. The van der Waals surface area contributed by atoms with Crippen molar-refractivity contribution < 1.29 is 4.57 Å². The third-order valence-corrected chi connectivity index (χ3v) is 8.85. The van der Waals surface area contributed by atoms with Gasteiger partial charge in [-0.25, -0.2) is 9.13 Å². The second kappa shape index (κ2) is 28.7. The van der Waals surface area contributed by atoms with Gasteiger partial charge in [-0.1, -0.05) is 168 Å². The minimum Gasteiger partial charge on any atom is -0.234 e.